The van der Waals surface area contributed by atoms with Crippen LogP contribution in [0.3, 0.4) is 0 Å². The van der Waals surface area contributed by atoms with E-state index in [0.29, 0.717) is 22.8 Å². The smallest absolute Gasteiger partial charge is 0.264 e. The Kier molecular flexibility index (Phi) is 3.59. The molecule has 2 N–H and O–H groups in total. The molecule has 1 aromatic carbocycles. The molecule has 3 aromatic rings. The van der Waals surface area contributed by atoms with Gasteiger partial charge in [0.05, 0.1) is 11.6 Å². The van der Waals surface area contributed by atoms with Crippen molar-refractivity contribution in [3.63, 3.8) is 0 Å². The van der Waals surface area contributed by atoms with Crippen LogP contribution in [0.15, 0.2) is 45.8 Å². The number of anilines is 1. The Bertz CT molecular complexity index is 980. The first-order chi connectivity index (χ1) is 11.0. The molecule has 3 rings (SSSR count). The van der Waals surface area contributed by atoms with E-state index < -0.39 is 10.0 Å². The molecule has 9 heteroatoms. The molecule has 0 aliphatic rings. The van der Waals surface area contributed by atoms with Crippen LogP contribution in [-0.2, 0) is 10.0 Å². The molecule has 2 heterocycles. The lowest BCUT2D eigenvalue weighted by atomic mass is 10.2. The van der Waals surface area contributed by atoms with Gasteiger partial charge in [0.25, 0.3) is 15.9 Å². The fraction of sp³-hybridized carbons (Fsp3) is 0.0714. The summed E-state index contributed by atoms with van der Waals surface area (Å²) in [6.07, 6.45) is 1.33. The van der Waals surface area contributed by atoms with Crippen molar-refractivity contribution in [1.82, 2.24) is 15.2 Å². The molecule has 0 aliphatic heterocycles. The zero-order chi connectivity index (χ0) is 16.4. The maximum absolute atomic E-state index is 12.3. The number of H-pyrrole nitrogens is 1. The summed E-state index contributed by atoms with van der Waals surface area (Å²) in [5.41, 5.74) is 1.22. The average Bonchev–Trinajstić information content (AvgIpc) is 3.16. The minimum Gasteiger partial charge on any atom is -0.420 e. The van der Waals surface area contributed by atoms with Gasteiger partial charge in [0, 0.05) is 18.8 Å². The zero-order valence-corrected chi connectivity index (χ0v) is 12.8. The van der Waals surface area contributed by atoms with Crippen LogP contribution in [0, 0.1) is 18.3 Å². The van der Waals surface area contributed by atoms with E-state index in [2.05, 4.69) is 19.9 Å². The van der Waals surface area contributed by atoms with E-state index in [-0.39, 0.29) is 10.8 Å². The third kappa shape index (κ3) is 3.07. The van der Waals surface area contributed by atoms with Crippen LogP contribution in [0.4, 0.5) is 5.69 Å². The predicted octanol–water partition coefficient (Wildman–Crippen LogP) is 2.05. The molecule has 0 saturated heterocycles. The largest absolute Gasteiger partial charge is 0.420 e. The van der Waals surface area contributed by atoms with Gasteiger partial charge < -0.3 is 9.40 Å². The normalized spacial score (nSPS) is 11.1. The van der Waals surface area contributed by atoms with E-state index >= 15 is 0 Å². The standard InChI is InChI=1S/C14H11N5O3S/c1-9-17-18-14(22-9)13-6-12(8-16-13)23(20,21)19-11-4-2-10(7-15)3-5-11/h2-6,8,16,19H,1H3. The van der Waals surface area contributed by atoms with E-state index in [1.807, 2.05) is 6.07 Å². The molecule has 8 nitrogen and oxygen atoms in total. The number of hydrogen-bond acceptors (Lipinski definition) is 6. The van der Waals surface area contributed by atoms with Crippen LogP contribution in [0.2, 0.25) is 0 Å². The molecule has 0 radical (unpaired) electrons. The topological polar surface area (TPSA) is 125 Å². The van der Waals surface area contributed by atoms with Crippen LogP contribution in [0.5, 0.6) is 0 Å². The number of aryl methyl sites for hydroxylation is 1. The quantitative estimate of drug-likeness (QED) is 0.754. The molecule has 0 unspecified atom stereocenters. The lowest BCUT2D eigenvalue weighted by Gasteiger charge is -2.05. The average molecular weight is 329 g/mol. The molecule has 0 bridgehead atoms. The molecule has 0 fully saturated rings. The Morgan fingerprint density at radius 2 is 2.00 bits per heavy atom. The van der Waals surface area contributed by atoms with Gasteiger partial charge in [-0.15, -0.1) is 10.2 Å². The second kappa shape index (κ2) is 5.58. The van der Waals surface area contributed by atoms with Crippen LogP contribution >= 0.6 is 0 Å². The Morgan fingerprint density at radius 1 is 1.26 bits per heavy atom. The first-order valence-electron chi connectivity index (χ1n) is 6.50. The van der Waals surface area contributed by atoms with Gasteiger partial charge in [-0.1, -0.05) is 0 Å². The van der Waals surface area contributed by atoms with Crippen molar-refractivity contribution < 1.29 is 12.8 Å². The molecular weight excluding hydrogens is 318 g/mol. The van der Waals surface area contributed by atoms with Crippen molar-refractivity contribution in [2.75, 3.05) is 4.72 Å². The minimum absolute atomic E-state index is 0.0349. The molecule has 116 valence electrons. The predicted molar refractivity (Wildman–Crippen MR) is 80.8 cm³/mol. The number of aromatic nitrogens is 3. The van der Waals surface area contributed by atoms with Gasteiger partial charge in [-0.25, -0.2) is 8.42 Å². The number of rotatable bonds is 4. The van der Waals surface area contributed by atoms with Crippen LogP contribution in [0.1, 0.15) is 11.5 Å². The van der Waals surface area contributed by atoms with Crippen LogP contribution in [-0.4, -0.2) is 23.6 Å². The summed E-state index contributed by atoms with van der Waals surface area (Å²) in [6.45, 7) is 1.64. The first-order valence-corrected chi connectivity index (χ1v) is 7.98. The van der Waals surface area contributed by atoms with Gasteiger partial charge in [-0.2, -0.15) is 5.26 Å². The summed E-state index contributed by atoms with van der Waals surface area (Å²) in [7, 11) is -3.77. The van der Waals surface area contributed by atoms with Gasteiger partial charge >= 0.3 is 0 Å². The minimum atomic E-state index is -3.77. The highest BCUT2D eigenvalue weighted by Gasteiger charge is 2.18. The molecule has 0 spiro atoms. The van der Waals surface area contributed by atoms with Crippen molar-refractivity contribution in [3.05, 3.63) is 48.0 Å². The summed E-state index contributed by atoms with van der Waals surface area (Å²) in [5.74, 6) is 0.594. The lowest BCUT2D eigenvalue weighted by Crippen LogP contribution is -2.12. The van der Waals surface area contributed by atoms with E-state index in [0.717, 1.165) is 0 Å². The molecule has 23 heavy (non-hydrogen) atoms. The zero-order valence-electron chi connectivity index (χ0n) is 11.9. The third-order valence-corrected chi connectivity index (χ3v) is 4.35. The summed E-state index contributed by atoms with van der Waals surface area (Å²) >= 11 is 0. The number of aromatic amines is 1. The second-order valence-electron chi connectivity index (χ2n) is 4.67. The number of nitrogens with one attached hydrogen (secondary N) is 2. The highest BCUT2D eigenvalue weighted by Crippen LogP contribution is 2.22. The van der Waals surface area contributed by atoms with E-state index in [4.69, 9.17) is 9.68 Å². The van der Waals surface area contributed by atoms with Crippen molar-refractivity contribution >= 4 is 15.7 Å². The van der Waals surface area contributed by atoms with Gasteiger partial charge in [-0.3, -0.25) is 4.72 Å². The SMILES string of the molecule is Cc1nnc(-c2cc(S(=O)(=O)Nc3ccc(C#N)cc3)c[nH]2)o1. The van der Waals surface area contributed by atoms with Gasteiger partial charge in [0.1, 0.15) is 10.6 Å². The number of benzene rings is 1. The van der Waals surface area contributed by atoms with Gasteiger partial charge in [0.15, 0.2) is 0 Å². The van der Waals surface area contributed by atoms with Crippen LogP contribution in [0.25, 0.3) is 11.6 Å². The highest BCUT2D eigenvalue weighted by atomic mass is 32.2. The fourth-order valence-electron chi connectivity index (χ4n) is 1.89. The number of hydrogen-bond donors (Lipinski definition) is 2. The maximum atomic E-state index is 12.3. The van der Waals surface area contributed by atoms with E-state index in [1.165, 1.54) is 36.5 Å². The fourth-order valence-corrected chi connectivity index (χ4v) is 2.94. The Morgan fingerprint density at radius 3 is 2.61 bits per heavy atom. The molecule has 0 aliphatic carbocycles. The molecular formula is C14H11N5O3S. The highest BCUT2D eigenvalue weighted by molar-refractivity contribution is 7.92. The Balaban J connectivity index is 1.85. The lowest BCUT2D eigenvalue weighted by molar-refractivity contribution is 0.531. The van der Waals surface area contributed by atoms with E-state index in [9.17, 15) is 8.42 Å². The molecule has 0 saturated carbocycles. The van der Waals surface area contributed by atoms with Crippen LogP contribution < -0.4 is 4.72 Å². The number of sulfonamides is 1. The van der Waals surface area contributed by atoms with Crippen molar-refractivity contribution in [1.29, 1.82) is 5.26 Å². The van der Waals surface area contributed by atoms with Crippen molar-refractivity contribution in [2.24, 2.45) is 0 Å². The summed E-state index contributed by atoms with van der Waals surface area (Å²) < 4.78 is 32.4. The number of nitrogens with zero attached hydrogens (tertiary/aromatic N) is 3. The Labute approximate surface area is 131 Å². The van der Waals surface area contributed by atoms with Crippen molar-refractivity contribution in [2.45, 2.75) is 11.8 Å². The first kappa shape index (κ1) is 14.8. The van der Waals surface area contributed by atoms with E-state index in [1.54, 1.807) is 6.92 Å². The van der Waals surface area contributed by atoms with Crippen molar-refractivity contribution in [3.8, 4) is 17.7 Å². The summed E-state index contributed by atoms with van der Waals surface area (Å²) in [4.78, 5) is 2.82. The maximum Gasteiger partial charge on any atom is 0.264 e. The summed E-state index contributed by atoms with van der Waals surface area (Å²) in [5, 5.41) is 16.3. The second-order valence-corrected chi connectivity index (χ2v) is 6.35. The number of nitriles is 1. The molecule has 2 aromatic heterocycles. The monoisotopic (exact) mass is 329 g/mol. The molecule has 0 amide bonds. The third-order valence-electron chi connectivity index (χ3n) is 2.99. The van der Waals surface area contributed by atoms with Gasteiger partial charge in [-0.05, 0) is 30.3 Å². The van der Waals surface area contributed by atoms with Gasteiger partial charge in [0.2, 0.25) is 5.89 Å². The molecule has 0 atom stereocenters. The Hall–Kier alpha value is -3.12. The summed E-state index contributed by atoms with van der Waals surface area (Å²) in [6, 6.07) is 9.46.